The fourth-order valence-electron chi connectivity index (χ4n) is 2.23. The lowest BCUT2D eigenvalue weighted by atomic mass is 9.99. The topological polar surface area (TPSA) is 50.7 Å². The number of thioether (sulfide) groups is 1. The van der Waals surface area contributed by atoms with Gasteiger partial charge >= 0.3 is 0 Å². The molecule has 0 unspecified atom stereocenters. The van der Waals surface area contributed by atoms with Crippen LogP contribution in [-0.2, 0) is 10.5 Å². The Balaban J connectivity index is 1.66. The first-order chi connectivity index (χ1) is 10.3. The molecular formula is C16H22N2O2S. The van der Waals surface area contributed by atoms with E-state index in [-0.39, 0.29) is 5.91 Å². The average Bonchev–Trinajstić information content (AvgIpc) is 2.54. The molecule has 1 aliphatic carbocycles. The van der Waals surface area contributed by atoms with E-state index >= 15 is 0 Å². The molecule has 0 spiro atoms. The lowest BCUT2D eigenvalue weighted by Gasteiger charge is -2.11. The number of carbonyl (C=O) groups is 1. The molecular weight excluding hydrogens is 284 g/mol. The van der Waals surface area contributed by atoms with Gasteiger partial charge in [0, 0.05) is 11.5 Å². The largest absolute Gasteiger partial charge is 0.497 e. The third-order valence-corrected chi connectivity index (χ3v) is 4.43. The predicted molar refractivity (Wildman–Crippen MR) is 87.8 cm³/mol. The lowest BCUT2D eigenvalue weighted by molar-refractivity contribution is -0.118. The first kappa shape index (κ1) is 15.9. The molecule has 1 saturated carbocycles. The highest BCUT2D eigenvalue weighted by atomic mass is 32.2. The predicted octanol–water partition coefficient (Wildman–Crippen LogP) is 3.36. The van der Waals surface area contributed by atoms with Crippen molar-refractivity contribution in [2.24, 2.45) is 5.10 Å². The third kappa shape index (κ3) is 5.79. The smallest absolute Gasteiger partial charge is 0.250 e. The SMILES string of the molecule is COc1ccc(CSCC(=O)NN=C2CCCCC2)cc1. The van der Waals surface area contributed by atoms with Gasteiger partial charge in [-0.3, -0.25) is 4.79 Å². The molecule has 0 aliphatic heterocycles. The van der Waals surface area contributed by atoms with Crippen LogP contribution in [-0.4, -0.2) is 24.5 Å². The van der Waals surface area contributed by atoms with Crippen LogP contribution in [0.25, 0.3) is 0 Å². The zero-order valence-corrected chi connectivity index (χ0v) is 13.2. The molecule has 0 atom stereocenters. The number of methoxy groups -OCH3 is 1. The standard InChI is InChI=1S/C16H22N2O2S/c1-20-15-9-7-13(8-10-15)11-21-12-16(19)18-17-14-5-3-2-4-6-14/h7-10H,2-6,11-12H2,1H3,(H,18,19). The Morgan fingerprint density at radius 1 is 1.24 bits per heavy atom. The van der Waals surface area contributed by atoms with Gasteiger partial charge in [0.2, 0.25) is 5.91 Å². The van der Waals surface area contributed by atoms with E-state index in [0.717, 1.165) is 30.1 Å². The van der Waals surface area contributed by atoms with Gasteiger partial charge in [0.05, 0.1) is 12.9 Å². The second kappa shape index (κ2) is 8.72. The normalized spacial score (nSPS) is 14.6. The minimum Gasteiger partial charge on any atom is -0.497 e. The third-order valence-electron chi connectivity index (χ3n) is 3.43. The van der Waals surface area contributed by atoms with Crippen molar-refractivity contribution in [1.82, 2.24) is 5.43 Å². The number of amides is 1. The van der Waals surface area contributed by atoms with Crippen LogP contribution in [0.15, 0.2) is 29.4 Å². The zero-order valence-electron chi connectivity index (χ0n) is 12.4. The van der Waals surface area contributed by atoms with Gasteiger partial charge in [0.1, 0.15) is 5.75 Å². The van der Waals surface area contributed by atoms with E-state index in [1.165, 1.54) is 24.8 Å². The number of hydrogen-bond donors (Lipinski definition) is 1. The number of carbonyl (C=O) groups excluding carboxylic acids is 1. The minimum atomic E-state index is -0.0217. The maximum atomic E-state index is 11.7. The van der Waals surface area contributed by atoms with E-state index in [4.69, 9.17) is 4.74 Å². The Hall–Kier alpha value is -1.49. The van der Waals surface area contributed by atoms with E-state index in [1.54, 1.807) is 18.9 Å². The van der Waals surface area contributed by atoms with Crippen LogP contribution in [0.3, 0.4) is 0 Å². The Bertz CT molecular complexity index is 478. The van der Waals surface area contributed by atoms with Crippen LogP contribution in [0.1, 0.15) is 37.7 Å². The van der Waals surface area contributed by atoms with E-state index in [2.05, 4.69) is 10.5 Å². The second-order valence-electron chi connectivity index (χ2n) is 5.11. The first-order valence-corrected chi connectivity index (χ1v) is 8.48. The number of benzene rings is 1. The summed E-state index contributed by atoms with van der Waals surface area (Å²) >= 11 is 1.59. The summed E-state index contributed by atoms with van der Waals surface area (Å²) in [5.41, 5.74) is 4.99. The van der Waals surface area contributed by atoms with E-state index in [0.29, 0.717) is 5.75 Å². The van der Waals surface area contributed by atoms with Crippen LogP contribution < -0.4 is 10.2 Å². The van der Waals surface area contributed by atoms with Crippen molar-refractivity contribution < 1.29 is 9.53 Å². The Kier molecular flexibility index (Phi) is 6.60. The summed E-state index contributed by atoms with van der Waals surface area (Å²) in [6.45, 7) is 0. The highest BCUT2D eigenvalue weighted by Gasteiger charge is 2.07. The quantitative estimate of drug-likeness (QED) is 0.820. The van der Waals surface area contributed by atoms with Gasteiger partial charge in [-0.25, -0.2) is 5.43 Å². The van der Waals surface area contributed by atoms with Crippen molar-refractivity contribution in [3.63, 3.8) is 0 Å². The van der Waals surface area contributed by atoms with E-state index in [1.807, 2.05) is 24.3 Å². The first-order valence-electron chi connectivity index (χ1n) is 7.33. The van der Waals surface area contributed by atoms with Crippen molar-refractivity contribution in [2.75, 3.05) is 12.9 Å². The fraction of sp³-hybridized carbons (Fsp3) is 0.500. The van der Waals surface area contributed by atoms with Crippen LogP contribution in [0.4, 0.5) is 0 Å². The van der Waals surface area contributed by atoms with Crippen molar-refractivity contribution in [1.29, 1.82) is 0 Å². The Morgan fingerprint density at radius 2 is 1.95 bits per heavy atom. The monoisotopic (exact) mass is 306 g/mol. The molecule has 1 N–H and O–H groups in total. The summed E-state index contributed by atoms with van der Waals surface area (Å²) in [5, 5.41) is 4.22. The van der Waals surface area contributed by atoms with Gasteiger partial charge < -0.3 is 4.74 Å². The molecule has 1 fully saturated rings. The molecule has 0 bridgehead atoms. The summed E-state index contributed by atoms with van der Waals surface area (Å²) < 4.78 is 5.12. The number of nitrogens with zero attached hydrogens (tertiary/aromatic N) is 1. The van der Waals surface area contributed by atoms with E-state index < -0.39 is 0 Å². The molecule has 5 heteroatoms. The van der Waals surface area contributed by atoms with Crippen LogP contribution in [0.5, 0.6) is 5.75 Å². The maximum absolute atomic E-state index is 11.7. The number of ether oxygens (including phenoxy) is 1. The zero-order chi connectivity index (χ0) is 14.9. The van der Waals surface area contributed by atoms with E-state index in [9.17, 15) is 4.79 Å². The number of hydrogen-bond acceptors (Lipinski definition) is 4. The van der Waals surface area contributed by atoms with Crippen molar-refractivity contribution in [3.8, 4) is 5.75 Å². The molecule has 21 heavy (non-hydrogen) atoms. The van der Waals surface area contributed by atoms with Gasteiger partial charge in [-0.05, 0) is 43.4 Å². The van der Waals surface area contributed by atoms with Gasteiger partial charge in [-0.2, -0.15) is 5.10 Å². The number of nitrogens with one attached hydrogen (secondary N) is 1. The average molecular weight is 306 g/mol. The molecule has 4 nitrogen and oxygen atoms in total. The molecule has 0 aromatic heterocycles. The van der Waals surface area contributed by atoms with Crippen molar-refractivity contribution in [3.05, 3.63) is 29.8 Å². The molecule has 0 heterocycles. The second-order valence-corrected chi connectivity index (χ2v) is 6.10. The summed E-state index contributed by atoms with van der Waals surface area (Å²) in [6.07, 6.45) is 5.73. The van der Waals surface area contributed by atoms with Crippen molar-refractivity contribution >= 4 is 23.4 Å². The Labute approximate surface area is 130 Å². The Morgan fingerprint density at radius 3 is 2.62 bits per heavy atom. The molecule has 1 aliphatic rings. The minimum absolute atomic E-state index is 0.0217. The van der Waals surface area contributed by atoms with Gasteiger partial charge in [-0.1, -0.05) is 18.6 Å². The molecule has 1 aromatic carbocycles. The van der Waals surface area contributed by atoms with Gasteiger partial charge in [-0.15, -0.1) is 11.8 Å². The van der Waals surface area contributed by atoms with Crippen LogP contribution in [0.2, 0.25) is 0 Å². The number of hydrazone groups is 1. The lowest BCUT2D eigenvalue weighted by Crippen LogP contribution is -2.22. The van der Waals surface area contributed by atoms with Crippen LogP contribution >= 0.6 is 11.8 Å². The fourth-order valence-corrected chi connectivity index (χ4v) is 3.01. The molecule has 1 amide bonds. The molecule has 0 radical (unpaired) electrons. The van der Waals surface area contributed by atoms with Crippen LogP contribution in [0, 0.1) is 0 Å². The van der Waals surface area contributed by atoms with Crippen molar-refractivity contribution in [2.45, 2.75) is 37.9 Å². The molecule has 2 rings (SSSR count). The summed E-state index contributed by atoms with van der Waals surface area (Å²) in [4.78, 5) is 11.7. The van der Waals surface area contributed by atoms with Gasteiger partial charge in [0.15, 0.2) is 0 Å². The number of rotatable bonds is 6. The summed E-state index contributed by atoms with van der Waals surface area (Å²) in [5.74, 6) is 2.08. The van der Waals surface area contributed by atoms with Gasteiger partial charge in [0.25, 0.3) is 0 Å². The molecule has 114 valence electrons. The molecule has 0 saturated heterocycles. The maximum Gasteiger partial charge on any atom is 0.250 e. The highest BCUT2D eigenvalue weighted by Crippen LogP contribution is 2.16. The molecule has 1 aromatic rings. The highest BCUT2D eigenvalue weighted by molar-refractivity contribution is 7.99. The summed E-state index contributed by atoms with van der Waals surface area (Å²) in [6, 6.07) is 7.91. The summed E-state index contributed by atoms with van der Waals surface area (Å²) in [7, 11) is 1.65.